The number of ether oxygens (including phenoxy) is 1. The molecule has 7 heteroatoms. The van der Waals surface area contributed by atoms with Crippen molar-refractivity contribution < 1.29 is 13.7 Å². The van der Waals surface area contributed by atoms with E-state index in [1.165, 1.54) is 13.2 Å². The van der Waals surface area contributed by atoms with E-state index in [1.54, 1.807) is 12.1 Å². The summed E-state index contributed by atoms with van der Waals surface area (Å²) in [5, 5.41) is 3.95. The zero-order valence-corrected chi connectivity index (χ0v) is 12.0. The fraction of sp³-hybridized carbons (Fsp3) is 0.429. The Morgan fingerprint density at radius 1 is 1.24 bits per heavy atom. The molecule has 0 saturated carbocycles. The number of rotatable bonds is 3. The Bertz CT molecular complexity index is 623. The van der Waals surface area contributed by atoms with E-state index in [1.807, 2.05) is 4.90 Å². The van der Waals surface area contributed by atoms with Crippen molar-refractivity contribution in [3.05, 3.63) is 24.0 Å². The lowest BCUT2D eigenvalue weighted by Crippen LogP contribution is -2.44. The van der Waals surface area contributed by atoms with E-state index in [-0.39, 0.29) is 11.5 Å². The highest BCUT2D eigenvalue weighted by Crippen LogP contribution is 2.27. The molecule has 2 heterocycles. The number of hydrogen-bond acceptors (Lipinski definition) is 6. The first-order valence-corrected chi connectivity index (χ1v) is 6.78. The molecule has 1 saturated heterocycles. The van der Waals surface area contributed by atoms with Crippen molar-refractivity contribution >= 4 is 5.95 Å². The van der Waals surface area contributed by atoms with Crippen LogP contribution in [0.1, 0.15) is 0 Å². The lowest BCUT2D eigenvalue weighted by molar-refractivity contribution is 0.309. The zero-order chi connectivity index (χ0) is 14.8. The molecule has 1 aromatic carbocycles. The fourth-order valence-corrected chi connectivity index (χ4v) is 2.26. The van der Waals surface area contributed by atoms with E-state index in [2.05, 4.69) is 22.1 Å². The first kappa shape index (κ1) is 13.8. The van der Waals surface area contributed by atoms with Crippen LogP contribution in [0.15, 0.2) is 22.7 Å². The summed E-state index contributed by atoms with van der Waals surface area (Å²) >= 11 is 0. The molecule has 0 atom stereocenters. The number of anilines is 1. The maximum absolute atomic E-state index is 13.9. The highest BCUT2D eigenvalue weighted by Gasteiger charge is 2.21. The van der Waals surface area contributed by atoms with Gasteiger partial charge in [-0.2, -0.15) is 4.98 Å². The molecule has 1 aromatic heterocycles. The van der Waals surface area contributed by atoms with Gasteiger partial charge in [-0.25, -0.2) is 4.39 Å². The molecule has 0 amide bonds. The van der Waals surface area contributed by atoms with E-state index in [0.29, 0.717) is 11.7 Å². The number of methoxy groups -OCH3 is 1. The molecule has 0 N–H and O–H groups in total. The van der Waals surface area contributed by atoms with Gasteiger partial charge < -0.3 is 19.1 Å². The molecule has 0 radical (unpaired) electrons. The summed E-state index contributed by atoms with van der Waals surface area (Å²) < 4.78 is 24.2. The third kappa shape index (κ3) is 2.82. The van der Waals surface area contributed by atoms with Crippen molar-refractivity contribution in [3.8, 4) is 17.2 Å². The molecule has 0 bridgehead atoms. The fourth-order valence-electron chi connectivity index (χ4n) is 2.26. The van der Waals surface area contributed by atoms with Gasteiger partial charge in [0.25, 0.3) is 11.8 Å². The van der Waals surface area contributed by atoms with Crippen LogP contribution in [0.5, 0.6) is 5.75 Å². The number of aromatic nitrogens is 2. The van der Waals surface area contributed by atoms with Crippen LogP contribution in [-0.4, -0.2) is 55.4 Å². The highest BCUT2D eigenvalue weighted by molar-refractivity contribution is 5.58. The summed E-state index contributed by atoms with van der Waals surface area (Å²) in [5.74, 6) is 0.802. The van der Waals surface area contributed by atoms with Crippen molar-refractivity contribution in [2.45, 2.75) is 0 Å². The maximum atomic E-state index is 13.9. The van der Waals surface area contributed by atoms with Crippen LogP contribution in [-0.2, 0) is 0 Å². The molecule has 1 aliphatic rings. The average Bonchev–Trinajstić information content (AvgIpc) is 2.98. The lowest BCUT2D eigenvalue weighted by atomic mass is 10.2. The third-order valence-electron chi connectivity index (χ3n) is 3.61. The molecule has 1 aliphatic heterocycles. The monoisotopic (exact) mass is 292 g/mol. The molecule has 1 fully saturated rings. The summed E-state index contributed by atoms with van der Waals surface area (Å²) in [6, 6.07) is 4.43. The average molecular weight is 292 g/mol. The Morgan fingerprint density at radius 2 is 2.00 bits per heavy atom. The second-order valence-electron chi connectivity index (χ2n) is 5.04. The van der Waals surface area contributed by atoms with Crippen molar-refractivity contribution in [3.63, 3.8) is 0 Å². The summed E-state index contributed by atoms with van der Waals surface area (Å²) in [6.45, 7) is 3.54. The second-order valence-corrected chi connectivity index (χ2v) is 5.04. The Labute approximate surface area is 122 Å². The van der Waals surface area contributed by atoms with E-state index in [9.17, 15) is 4.39 Å². The van der Waals surface area contributed by atoms with E-state index < -0.39 is 5.82 Å². The van der Waals surface area contributed by atoms with Crippen LogP contribution in [0, 0.1) is 5.82 Å². The number of likely N-dealkylation sites (N-methyl/N-ethyl adjacent to an activating group) is 1. The van der Waals surface area contributed by atoms with Gasteiger partial charge in [0.05, 0.1) is 12.7 Å². The predicted molar refractivity (Wildman–Crippen MR) is 76.0 cm³/mol. The van der Waals surface area contributed by atoms with Crippen LogP contribution in [0.2, 0.25) is 0 Å². The van der Waals surface area contributed by atoms with E-state index >= 15 is 0 Å². The molecule has 112 valence electrons. The van der Waals surface area contributed by atoms with Gasteiger partial charge in [0.1, 0.15) is 11.6 Å². The quantitative estimate of drug-likeness (QED) is 0.857. The first-order valence-electron chi connectivity index (χ1n) is 6.78. The van der Waals surface area contributed by atoms with Crippen molar-refractivity contribution in [2.24, 2.45) is 0 Å². The Balaban J connectivity index is 1.85. The molecule has 3 rings (SSSR count). The number of hydrogen-bond donors (Lipinski definition) is 0. The minimum atomic E-state index is -0.413. The van der Waals surface area contributed by atoms with E-state index in [0.717, 1.165) is 26.2 Å². The van der Waals surface area contributed by atoms with Gasteiger partial charge in [0.2, 0.25) is 0 Å². The van der Waals surface area contributed by atoms with Gasteiger partial charge in [0.15, 0.2) is 0 Å². The molecule has 0 aliphatic carbocycles. The van der Waals surface area contributed by atoms with Gasteiger partial charge in [-0.15, -0.1) is 0 Å². The van der Waals surface area contributed by atoms with E-state index in [4.69, 9.17) is 9.26 Å². The van der Waals surface area contributed by atoms with Gasteiger partial charge in [-0.3, -0.25) is 0 Å². The lowest BCUT2D eigenvalue weighted by Gasteiger charge is -2.31. The van der Waals surface area contributed by atoms with Gasteiger partial charge >= 0.3 is 0 Å². The third-order valence-corrected chi connectivity index (χ3v) is 3.61. The maximum Gasteiger partial charge on any atom is 0.266 e. The zero-order valence-electron chi connectivity index (χ0n) is 12.0. The second kappa shape index (κ2) is 5.69. The minimum Gasteiger partial charge on any atom is -0.497 e. The number of benzene rings is 1. The number of nitrogens with zero attached hydrogens (tertiary/aromatic N) is 4. The van der Waals surface area contributed by atoms with Crippen LogP contribution >= 0.6 is 0 Å². The molecule has 0 spiro atoms. The summed E-state index contributed by atoms with van der Waals surface area (Å²) in [7, 11) is 3.60. The van der Waals surface area contributed by atoms with Crippen LogP contribution < -0.4 is 9.64 Å². The smallest absolute Gasteiger partial charge is 0.266 e. The molecule has 0 unspecified atom stereocenters. The van der Waals surface area contributed by atoms with Crippen molar-refractivity contribution in [1.29, 1.82) is 0 Å². The largest absolute Gasteiger partial charge is 0.497 e. The van der Waals surface area contributed by atoms with Crippen molar-refractivity contribution in [1.82, 2.24) is 15.0 Å². The SMILES string of the molecule is COc1ccc(F)c(-c2nc(N3CCN(C)CC3)no2)c1. The van der Waals surface area contributed by atoms with Crippen LogP contribution in [0.4, 0.5) is 10.3 Å². The molecular formula is C14H17FN4O2. The Kier molecular flexibility index (Phi) is 3.74. The standard InChI is InChI=1S/C14H17FN4O2/c1-18-5-7-19(8-6-18)14-16-13(21-17-14)11-9-10(20-2)3-4-12(11)15/h3-4,9H,5-8H2,1-2H3. The van der Waals surface area contributed by atoms with Crippen molar-refractivity contribution in [2.75, 3.05) is 45.2 Å². The Hall–Kier alpha value is -2.15. The topological polar surface area (TPSA) is 54.6 Å². The minimum absolute atomic E-state index is 0.167. The molecule has 6 nitrogen and oxygen atoms in total. The predicted octanol–water partition coefficient (Wildman–Crippen LogP) is 1.64. The van der Waals surface area contributed by atoms with Gasteiger partial charge in [-0.05, 0) is 30.4 Å². The summed E-state index contributed by atoms with van der Waals surface area (Å²) in [6.07, 6.45) is 0. The summed E-state index contributed by atoms with van der Waals surface area (Å²) in [5.41, 5.74) is 0.252. The van der Waals surface area contributed by atoms with Crippen LogP contribution in [0.3, 0.4) is 0 Å². The molecule has 2 aromatic rings. The Morgan fingerprint density at radius 3 is 2.71 bits per heavy atom. The molecular weight excluding hydrogens is 275 g/mol. The normalized spacial score (nSPS) is 16.2. The first-order chi connectivity index (χ1) is 10.2. The highest BCUT2D eigenvalue weighted by atomic mass is 19.1. The van der Waals surface area contributed by atoms with Crippen LogP contribution in [0.25, 0.3) is 11.5 Å². The van der Waals surface area contributed by atoms with Gasteiger partial charge in [0, 0.05) is 26.2 Å². The number of halogens is 1. The summed E-state index contributed by atoms with van der Waals surface area (Å²) in [4.78, 5) is 8.57. The number of piperazine rings is 1. The molecule has 21 heavy (non-hydrogen) atoms. The van der Waals surface area contributed by atoms with Gasteiger partial charge in [-0.1, -0.05) is 0 Å².